The highest BCUT2D eigenvalue weighted by Crippen LogP contribution is 2.37. The van der Waals surface area contributed by atoms with Gasteiger partial charge >= 0.3 is 0 Å². The van der Waals surface area contributed by atoms with Crippen LogP contribution in [0.25, 0.3) is 5.65 Å². The van der Waals surface area contributed by atoms with Crippen LogP contribution in [0.1, 0.15) is 53.5 Å². The third-order valence-electron chi connectivity index (χ3n) is 5.34. The van der Waals surface area contributed by atoms with Crippen LogP contribution in [-0.4, -0.2) is 34.1 Å². The van der Waals surface area contributed by atoms with Gasteiger partial charge in [0.15, 0.2) is 17.4 Å². The average molecular weight is 431 g/mol. The van der Waals surface area contributed by atoms with Crippen LogP contribution in [0.15, 0.2) is 30.5 Å². The number of amides is 1. The summed E-state index contributed by atoms with van der Waals surface area (Å²) in [6.45, 7) is 4.36. The lowest BCUT2D eigenvalue weighted by Crippen LogP contribution is -2.49. The molecule has 7 nitrogen and oxygen atoms in total. The fourth-order valence-electron chi connectivity index (χ4n) is 3.80. The first-order valence-corrected chi connectivity index (χ1v) is 9.90. The van der Waals surface area contributed by atoms with E-state index >= 15 is 0 Å². The molecule has 4 rings (SSSR count). The minimum Gasteiger partial charge on any atom is -0.493 e. The number of hydrogen-bond donors (Lipinski definition) is 2. The standard InChI is InChI=1S/C22H23F2N3O4/c1-12(2)18-8-13(11-30-3)25-20-14(4-6-27(18)20)21(28)26-22(29)5-7-31-19-10-17(24)16(23)9-15(19)22/h4,6,8-10,12,29H,5,7,11H2,1-3H3,(H,26,28). The highest BCUT2D eigenvalue weighted by molar-refractivity contribution is 6.00. The van der Waals surface area contributed by atoms with Gasteiger partial charge < -0.3 is 24.3 Å². The summed E-state index contributed by atoms with van der Waals surface area (Å²) in [6.07, 6.45) is 1.71. The maximum atomic E-state index is 13.8. The van der Waals surface area contributed by atoms with Crippen molar-refractivity contribution in [3.05, 3.63) is 64.6 Å². The molecule has 0 saturated heterocycles. The van der Waals surface area contributed by atoms with Crippen molar-refractivity contribution < 1.29 is 28.2 Å². The number of hydrogen-bond acceptors (Lipinski definition) is 5. The smallest absolute Gasteiger partial charge is 0.257 e. The van der Waals surface area contributed by atoms with Gasteiger partial charge in [0.2, 0.25) is 0 Å². The summed E-state index contributed by atoms with van der Waals surface area (Å²) in [4.78, 5) is 17.7. The van der Waals surface area contributed by atoms with E-state index in [1.165, 1.54) is 0 Å². The zero-order valence-electron chi connectivity index (χ0n) is 17.4. The number of carbonyl (C=O) groups excluding carboxylic acids is 1. The summed E-state index contributed by atoms with van der Waals surface area (Å²) < 4.78 is 39.7. The van der Waals surface area contributed by atoms with Crippen LogP contribution in [0.5, 0.6) is 5.75 Å². The highest BCUT2D eigenvalue weighted by atomic mass is 19.2. The number of nitrogens with one attached hydrogen (secondary N) is 1. The molecule has 3 aromatic rings. The Morgan fingerprint density at radius 1 is 1.35 bits per heavy atom. The molecule has 164 valence electrons. The van der Waals surface area contributed by atoms with Gasteiger partial charge in [-0.25, -0.2) is 13.8 Å². The van der Waals surface area contributed by atoms with Crippen molar-refractivity contribution in [3.8, 4) is 5.75 Å². The molecule has 0 saturated carbocycles. The van der Waals surface area contributed by atoms with Crippen LogP contribution in [0, 0.1) is 11.6 Å². The molecule has 2 aromatic heterocycles. The molecule has 0 aliphatic carbocycles. The molecule has 2 N–H and O–H groups in total. The molecule has 9 heteroatoms. The largest absolute Gasteiger partial charge is 0.493 e. The fourth-order valence-corrected chi connectivity index (χ4v) is 3.80. The Kier molecular flexibility index (Phi) is 5.40. The monoisotopic (exact) mass is 431 g/mol. The van der Waals surface area contributed by atoms with E-state index in [0.29, 0.717) is 11.3 Å². The first-order valence-electron chi connectivity index (χ1n) is 9.90. The van der Waals surface area contributed by atoms with Gasteiger partial charge in [0.05, 0.1) is 24.5 Å². The lowest BCUT2D eigenvalue weighted by atomic mass is 9.95. The van der Waals surface area contributed by atoms with Gasteiger partial charge in [-0.3, -0.25) is 4.79 Å². The van der Waals surface area contributed by atoms with E-state index in [0.717, 1.165) is 17.8 Å². The summed E-state index contributed by atoms with van der Waals surface area (Å²) in [7, 11) is 1.56. The predicted molar refractivity (Wildman–Crippen MR) is 108 cm³/mol. The predicted octanol–water partition coefficient (Wildman–Crippen LogP) is 3.24. The highest BCUT2D eigenvalue weighted by Gasteiger charge is 2.39. The lowest BCUT2D eigenvalue weighted by Gasteiger charge is -2.34. The SMILES string of the molecule is COCc1cc(C(C)C)n2ccc(C(=O)NC3(O)CCOc4cc(F)c(F)cc43)c2n1. The molecule has 0 bridgehead atoms. The van der Waals surface area contributed by atoms with E-state index < -0.39 is 23.3 Å². The number of methoxy groups -OCH3 is 1. The minimum atomic E-state index is -1.92. The number of ether oxygens (including phenoxy) is 2. The average Bonchev–Trinajstić information content (AvgIpc) is 3.13. The normalized spacial score (nSPS) is 18.2. The molecule has 31 heavy (non-hydrogen) atoms. The van der Waals surface area contributed by atoms with E-state index in [9.17, 15) is 18.7 Å². The summed E-state index contributed by atoms with van der Waals surface area (Å²) in [6, 6.07) is 5.23. The molecular formula is C22H23F2N3O4. The van der Waals surface area contributed by atoms with Crippen LogP contribution in [-0.2, 0) is 17.1 Å². The number of rotatable bonds is 5. The van der Waals surface area contributed by atoms with Crippen molar-refractivity contribution in [2.24, 2.45) is 0 Å². The fraction of sp³-hybridized carbons (Fsp3) is 0.364. The first-order chi connectivity index (χ1) is 14.7. The number of benzene rings is 1. The molecule has 1 aliphatic rings. The van der Waals surface area contributed by atoms with Crippen LogP contribution >= 0.6 is 0 Å². The minimum absolute atomic E-state index is 0.0164. The van der Waals surface area contributed by atoms with E-state index in [1.54, 1.807) is 19.4 Å². The lowest BCUT2D eigenvalue weighted by molar-refractivity contribution is -0.0283. The third-order valence-corrected chi connectivity index (χ3v) is 5.34. The van der Waals surface area contributed by atoms with Gasteiger partial charge in [0.25, 0.3) is 5.91 Å². The maximum absolute atomic E-state index is 13.8. The van der Waals surface area contributed by atoms with Crippen molar-refractivity contribution in [2.75, 3.05) is 13.7 Å². The Labute approximate surface area is 177 Å². The number of halogens is 2. The Hall–Kier alpha value is -3.04. The van der Waals surface area contributed by atoms with E-state index in [-0.39, 0.29) is 42.4 Å². The molecule has 1 aliphatic heterocycles. The van der Waals surface area contributed by atoms with Crippen molar-refractivity contribution in [1.82, 2.24) is 14.7 Å². The Morgan fingerprint density at radius 3 is 2.81 bits per heavy atom. The van der Waals surface area contributed by atoms with Gasteiger partial charge in [0.1, 0.15) is 11.4 Å². The molecule has 3 heterocycles. The molecule has 1 aromatic carbocycles. The van der Waals surface area contributed by atoms with Crippen molar-refractivity contribution in [2.45, 2.75) is 38.5 Å². The Morgan fingerprint density at radius 2 is 2.10 bits per heavy atom. The molecule has 0 spiro atoms. The van der Waals surface area contributed by atoms with E-state index in [1.807, 2.05) is 24.3 Å². The van der Waals surface area contributed by atoms with Crippen LogP contribution in [0.4, 0.5) is 8.78 Å². The van der Waals surface area contributed by atoms with E-state index in [2.05, 4.69) is 10.3 Å². The molecule has 0 fully saturated rings. The molecular weight excluding hydrogens is 408 g/mol. The molecule has 0 radical (unpaired) electrons. The number of nitrogens with zero attached hydrogens (tertiary/aromatic N) is 2. The van der Waals surface area contributed by atoms with Crippen molar-refractivity contribution >= 4 is 11.6 Å². The quantitative estimate of drug-likeness (QED) is 0.606. The number of fused-ring (bicyclic) bond motifs is 2. The van der Waals surface area contributed by atoms with Gasteiger partial charge in [-0.15, -0.1) is 0 Å². The molecule has 1 atom stereocenters. The zero-order valence-corrected chi connectivity index (χ0v) is 17.4. The van der Waals surface area contributed by atoms with Crippen molar-refractivity contribution in [3.63, 3.8) is 0 Å². The van der Waals surface area contributed by atoms with Gasteiger partial charge in [-0.05, 0) is 24.1 Å². The Balaban J connectivity index is 1.74. The maximum Gasteiger partial charge on any atom is 0.257 e. The number of carbonyl (C=O) groups is 1. The van der Waals surface area contributed by atoms with E-state index in [4.69, 9.17) is 9.47 Å². The van der Waals surface area contributed by atoms with Gasteiger partial charge in [-0.1, -0.05) is 13.8 Å². The van der Waals surface area contributed by atoms with Crippen LogP contribution in [0.2, 0.25) is 0 Å². The third kappa shape index (κ3) is 3.75. The topological polar surface area (TPSA) is 85.1 Å². The summed E-state index contributed by atoms with van der Waals surface area (Å²) in [5, 5.41) is 13.7. The van der Waals surface area contributed by atoms with Crippen LogP contribution < -0.4 is 10.1 Å². The molecule has 1 amide bonds. The second-order valence-corrected chi connectivity index (χ2v) is 7.86. The first kappa shape index (κ1) is 21.2. The second kappa shape index (κ2) is 7.90. The van der Waals surface area contributed by atoms with Gasteiger partial charge in [-0.2, -0.15) is 0 Å². The summed E-state index contributed by atoms with van der Waals surface area (Å²) >= 11 is 0. The number of aromatic nitrogens is 2. The van der Waals surface area contributed by atoms with Crippen LogP contribution in [0.3, 0.4) is 0 Å². The number of aliphatic hydroxyl groups is 1. The molecule has 1 unspecified atom stereocenters. The van der Waals surface area contributed by atoms with Crippen molar-refractivity contribution in [1.29, 1.82) is 0 Å². The Bertz CT molecular complexity index is 1160. The summed E-state index contributed by atoms with van der Waals surface area (Å²) in [5.41, 5.74) is 0.313. The van der Waals surface area contributed by atoms with Gasteiger partial charge in [0, 0.05) is 37.1 Å². The summed E-state index contributed by atoms with van der Waals surface area (Å²) in [5.74, 6) is -2.69. The zero-order chi connectivity index (χ0) is 22.3. The second-order valence-electron chi connectivity index (χ2n) is 7.86.